The van der Waals surface area contributed by atoms with E-state index in [1.165, 1.54) is 0 Å². The number of benzene rings is 1. The molecule has 0 atom stereocenters. The first-order valence-corrected chi connectivity index (χ1v) is 7.51. The molecule has 1 N–H and O–H groups in total. The highest BCUT2D eigenvalue weighted by Gasteiger charge is 2.17. The average molecular weight is 304 g/mol. The lowest BCUT2D eigenvalue weighted by Crippen LogP contribution is -2.08. The van der Waals surface area contributed by atoms with E-state index in [4.69, 9.17) is 0 Å². The number of nitrogens with zero attached hydrogens (tertiary/aromatic N) is 3. The fraction of sp³-hybridized carbons (Fsp3) is 0.167. The Morgan fingerprint density at radius 2 is 1.78 bits per heavy atom. The van der Waals surface area contributed by atoms with Crippen molar-refractivity contribution in [2.45, 2.75) is 20.8 Å². The van der Waals surface area contributed by atoms with Crippen molar-refractivity contribution < 1.29 is 0 Å². The van der Waals surface area contributed by atoms with Crippen LogP contribution in [0.4, 0.5) is 0 Å². The van der Waals surface area contributed by atoms with Crippen LogP contribution in [0.25, 0.3) is 27.8 Å². The maximum absolute atomic E-state index is 13.0. The molecular formula is C18H16N4O. The fourth-order valence-corrected chi connectivity index (χ4v) is 3.09. The van der Waals surface area contributed by atoms with E-state index in [9.17, 15) is 4.79 Å². The Labute approximate surface area is 132 Å². The molecule has 0 spiro atoms. The van der Waals surface area contributed by atoms with Gasteiger partial charge < -0.3 is 4.98 Å². The maximum Gasteiger partial charge on any atom is 0.201 e. The van der Waals surface area contributed by atoms with E-state index in [1.54, 1.807) is 10.9 Å². The van der Waals surface area contributed by atoms with Crippen LogP contribution in [0.2, 0.25) is 0 Å². The summed E-state index contributed by atoms with van der Waals surface area (Å²) in [5.41, 5.74) is 4.19. The van der Waals surface area contributed by atoms with E-state index < -0.39 is 0 Å². The lowest BCUT2D eigenvalue weighted by Gasteiger charge is -2.07. The van der Waals surface area contributed by atoms with Gasteiger partial charge in [-0.3, -0.25) is 4.79 Å². The molecule has 0 fully saturated rings. The molecule has 3 heterocycles. The van der Waals surface area contributed by atoms with E-state index in [0.717, 1.165) is 27.8 Å². The van der Waals surface area contributed by atoms with Gasteiger partial charge in [0, 0.05) is 11.6 Å². The Hall–Kier alpha value is -2.95. The number of aromatic amines is 1. The van der Waals surface area contributed by atoms with Gasteiger partial charge in [-0.2, -0.15) is 9.78 Å². The van der Waals surface area contributed by atoms with Gasteiger partial charge in [-0.05, 0) is 44.0 Å². The summed E-state index contributed by atoms with van der Waals surface area (Å²) >= 11 is 0. The molecule has 0 aliphatic carbocycles. The van der Waals surface area contributed by atoms with Crippen molar-refractivity contribution in [1.29, 1.82) is 0 Å². The maximum atomic E-state index is 13.0. The summed E-state index contributed by atoms with van der Waals surface area (Å²) in [7, 11) is 0. The van der Waals surface area contributed by atoms with E-state index in [1.807, 2.05) is 51.1 Å². The van der Waals surface area contributed by atoms with Crippen molar-refractivity contribution in [3.63, 3.8) is 0 Å². The number of pyridine rings is 2. The van der Waals surface area contributed by atoms with Crippen LogP contribution in [-0.2, 0) is 0 Å². The molecule has 0 unspecified atom stereocenters. The highest BCUT2D eigenvalue weighted by molar-refractivity contribution is 5.94. The highest BCUT2D eigenvalue weighted by atomic mass is 16.1. The lowest BCUT2D eigenvalue weighted by molar-refractivity contribution is 0.840. The highest BCUT2D eigenvalue weighted by Crippen LogP contribution is 2.22. The first kappa shape index (κ1) is 13.7. The van der Waals surface area contributed by atoms with Crippen molar-refractivity contribution in [3.05, 3.63) is 63.6 Å². The molecule has 0 saturated carbocycles. The summed E-state index contributed by atoms with van der Waals surface area (Å²) in [6.07, 6.45) is 1.73. The minimum Gasteiger partial charge on any atom is -0.339 e. The van der Waals surface area contributed by atoms with Crippen molar-refractivity contribution in [2.75, 3.05) is 0 Å². The number of hydrogen-bond acceptors (Lipinski definition) is 3. The summed E-state index contributed by atoms with van der Waals surface area (Å²) in [6, 6.07) is 9.68. The van der Waals surface area contributed by atoms with Gasteiger partial charge in [0.05, 0.1) is 16.6 Å². The van der Waals surface area contributed by atoms with Crippen molar-refractivity contribution in [1.82, 2.24) is 19.7 Å². The van der Waals surface area contributed by atoms with Crippen LogP contribution >= 0.6 is 0 Å². The molecule has 0 aliphatic heterocycles. The zero-order valence-corrected chi connectivity index (χ0v) is 13.2. The van der Waals surface area contributed by atoms with Gasteiger partial charge in [0.2, 0.25) is 5.43 Å². The van der Waals surface area contributed by atoms with Gasteiger partial charge >= 0.3 is 0 Å². The van der Waals surface area contributed by atoms with Crippen molar-refractivity contribution in [3.8, 4) is 5.82 Å². The Kier molecular flexibility index (Phi) is 2.84. The predicted octanol–water partition coefficient (Wildman–Crippen LogP) is 3.19. The number of aryl methyl sites for hydroxylation is 3. The smallest absolute Gasteiger partial charge is 0.201 e. The second-order valence-corrected chi connectivity index (χ2v) is 5.82. The van der Waals surface area contributed by atoms with Crippen LogP contribution in [0.3, 0.4) is 0 Å². The van der Waals surface area contributed by atoms with Crippen LogP contribution in [-0.4, -0.2) is 19.7 Å². The zero-order valence-electron chi connectivity index (χ0n) is 13.2. The Morgan fingerprint density at radius 3 is 2.57 bits per heavy atom. The second kappa shape index (κ2) is 4.78. The first-order valence-electron chi connectivity index (χ1n) is 7.51. The van der Waals surface area contributed by atoms with E-state index in [0.29, 0.717) is 16.7 Å². The van der Waals surface area contributed by atoms with Gasteiger partial charge in [-0.15, -0.1) is 0 Å². The standard InChI is InChI=1S/C18H16N4O/c1-10-6-4-8-13-14(10)16(23)15-12(3)21-22(18(15)20-13)17-11(2)7-5-9-19-17/h4-9H,1-3H3,(H,20,23). The Balaban J connectivity index is 2.20. The molecule has 0 bridgehead atoms. The van der Waals surface area contributed by atoms with Gasteiger partial charge in [-0.1, -0.05) is 18.2 Å². The summed E-state index contributed by atoms with van der Waals surface area (Å²) in [5, 5.41) is 5.90. The number of rotatable bonds is 1. The van der Waals surface area contributed by atoms with Crippen LogP contribution < -0.4 is 5.43 Å². The van der Waals surface area contributed by atoms with Crippen LogP contribution in [0.15, 0.2) is 41.3 Å². The number of aromatic nitrogens is 4. The van der Waals surface area contributed by atoms with Gasteiger partial charge in [0.1, 0.15) is 5.65 Å². The first-order chi connectivity index (χ1) is 11.1. The minimum absolute atomic E-state index is 0.0178. The second-order valence-electron chi connectivity index (χ2n) is 5.82. The topological polar surface area (TPSA) is 63.6 Å². The molecular weight excluding hydrogens is 288 g/mol. The molecule has 1 aromatic carbocycles. The SMILES string of the molecule is Cc1cccnc1-n1nc(C)c2c(=O)c3c(C)cccc3[nH]c21. The Morgan fingerprint density at radius 1 is 1.00 bits per heavy atom. The predicted molar refractivity (Wildman–Crippen MR) is 91.2 cm³/mol. The van der Waals surface area contributed by atoms with Gasteiger partial charge in [0.25, 0.3) is 0 Å². The molecule has 23 heavy (non-hydrogen) atoms. The van der Waals surface area contributed by atoms with Crippen molar-refractivity contribution in [2.24, 2.45) is 0 Å². The summed E-state index contributed by atoms with van der Waals surface area (Å²) in [4.78, 5) is 20.7. The summed E-state index contributed by atoms with van der Waals surface area (Å²) in [6.45, 7) is 5.79. The fourth-order valence-electron chi connectivity index (χ4n) is 3.09. The molecule has 114 valence electrons. The minimum atomic E-state index is 0.0178. The van der Waals surface area contributed by atoms with Crippen LogP contribution in [0.5, 0.6) is 0 Å². The molecule has 0 aliphatic rings. The third-order valence-corrected chi connectivity index (χ3v) is 4.22. The molecule has 3 aromatic heterocycles. The Bertz CT molecular complexity index is 1120. The van der Waals surface area contributed by atoms with E-state index in [-0.39, 0.29) is 5.43 Å². The number of H-pyrrole nitrogens is 1. The van der Waals surface area contributed by atoms with Crippen LogP contribution in [0, 0.1) is 20.8 Å². The third-order valence-electron chi connectivity index (χ3n) is 4.22. The largest absolute Gasteiger partial charge is 0.339 e. The zero-order chi connectivity index (χ0) is 16.1. The molecule has 0 saturated heterocycles. The molecule has 0 radical (unpaired) electrons. The summed E-state index contributed by atoms with van der Waals surface area (Å²) in [5.74, 6) is 0.730. The quantitative estimate of drug-likeness (QED) is 0.587. The van der Waals surface area contributed by atoms with Gasteiger partial charge in [-0.25, -0.2) is 4.98 Å². The lowest BCUT2D eigenvalue weighted by atomic mass is 10.1. The molecule has 4 rings (SSSR count). The molecule has 5 heteroatoms. The monoisotopic (exact) mass is 304 g/mol. The van der Waals surface area contributed by atoms with Gasteiger partial charge in [0.15, 0.2) is 5.82 Å². The van der Waals surface area contributed by atoms with E-state index >= 15 is 0 Å². The number of nitrogens with one attached hydrogen (secondary N) is 1. The van der Waals surface area contributed by atoms with E-state index in [2.05, 4.69) is 15.1 Å². The molecule has 0 amide bonds. The summed E-state index contributed by atoms with van der Waals surface area (Å²) < 4.78 is 1.73. The van der Waals surface area contributed by atoms with Crippen molar-refractivity contribution >= 4 is 21.9 Å². The third kappa shape index (κ3) is 1.90. The normalized spacial score (nSPS) is 11.4. The molecule has 4 aromatic rings. The van der Waals surface area contributed by atoms with Crippen LogP contribution in [0.1, 0.15) is 16.8 Å². The average Bonchev–Trinajstić information content (AvgIpc) is 2.85. The number of fused-ring (bicyclic) bond motifs is 2. The number of hydrogen-bond donors (Lipinski definition) is 1. The molecule has 5 nitrogen and oxygen atoms in total.